The maximum Gasteiger partial charge on any atom is 0.410 e. The Kier molecular flexibility index (Phi) is 5.61. The maximum atomic E-state index is 12.2. The summed E-state index contributed by atoms with van der Waals surface area (Å²) >= 11 is 5.74. The number of amides is 2. The fourth-order valence-electron chi connectivity index (χ4n) is 3.26. The number of hydrogen-bond acceptors (Lipinski definition) is 3. The SMILES string of the molecule is O=C(OCc1ccccc1)N1CCC(N(C(=O)CCl)C2CC2)CC1. The van der Waals surface area contributed by atoms with Crippen molar-refractivity contribution in [2.24, 2.45) is 0 Å². The molecule has 0 unspecified atom stereocenters. The van der Waals surface area contributed by atoms with Crippen LogP contribution in [0.5, 0.6) is 0 Å². The number of benzene rings is 1. The van der Waals surface area contributed by atoms with Crippen molar-refractivity contribution in [3.05, 3.63) is 35.9 Å². The number of hydrogen-bond donors (Lipinski definition) is 0. The molecule has 1 aliphatic heterocycles. The zero-order valence-electron chi connectivity index (χ0n) is 13.7. The lowest BCUT2D eigenvalue weighted by Gasteiger charge is -2.38. The highest BCUT2D eigenvalue weighted by atomic mass is 35.5. The van der Waals surface area contributed by atoms with Crippen molar-refractivity contribution in [3.63, 3.8) is 0 Å². The second kappa shape index (κ2) is 7.88. The Bertz CT molecular complexity index is 569. The summed E-state index contributed by atoms with van der Waals surface area (Å²) in [6, 6.07) is 10.2. The largest absolute Gasteiger partial charge is 0.445 e. The lowest BCUT2D eigenvalue weighted by molar-refractivity contribution is -0.132. The highest BCUT2D eigenvalue weighted by Crippen LogP contribution is 2.32. The van der Waals surface area contributed by atoms with E-state index in [1.807, 2.05) is 35.2 Å². The predicted octanol–water partition coefficient (Wildman–Crippen LogP) is 3.02. The minimum absolute atomic E-state index is 0.0178. The van der Waals surface area contributed by atoms with Gasteiger partial charge in [0.2, 0.25) is 5.91 Å². The van der Waals surface area contributed by atoms with E-state index in [0.717, 1.165) is 31.2 Å². The summed E-state index contributed by atoms with van der Waals surface area (Å²) in [6.45, 7) is 1.53. The molecular formula is C18H23ClN2O3. The van der Waals surface area contributed by atoms with E-state index in [1.54, 1.807) is 4.90 Å². The van der Waals surface area contributed by atoms with E-state index < -0.39 is 0 Å². The van der Waals surface area contributed by atoms with E-state index in [4.69, 9.17) is 16.3 Å². The second-order valence-corrected chi connectivity index (χ2v) is 6.69. The average molecular weight is 351 g/mol. The van der Waals surface area contributed by atoms with Gasteiger partial charge in [-0.1, -0.05) is 30.3 Å². The highest BCUT2D eigenvalue weighted by molar-refractivity contribution is 6.27. The molecule has 0 aromatic heterocycles. The summed E-state index contributed by atoms with van der Waals surface area (Å²) < 4.78 is 5.38. The molecule has 24 heavy (non-hydrogen) atoms. The molecule has 130 valence electrons. The van der Waals surface area contributed by atoms with Crippen LogP contribution < -0.4 is 0 Å². The van der Waals surface area contributed by atoms with Crippen LogP contribution in [0, 0.1) is 0 Å². The first kappa shape index (κ1) is 17.1. The van der Waals surface area contributed by atoms with E-state index in [2.05, 4.69) is 0 Å². The van der Waals surface area contributed by atoms with Gasteiger partial charge < -0.3 is 14.5 Å². The van der Waals surface area contributed by atoms with Crippen molar-refractivity contribution < 1.29 is 14.3 Å². The first-order chi connectivity index (χ1) is 11.7. The number of ether oxygens (including phenoxy) is 1. The van der Waals surface area contributed by atoms with Gasteiger partial charge in [-0.15, -0.1) is 11.6 Å². The lowest BCUT2D eigenvalue weighted by Crippen LogP contribution is -2.50. The average Bonchev–Trinajstić information content (AvgIpc) is 3.46. The van der Waals surface area contributed by atoms with Crippen LogP contribution in [0.25, 0.3) is 0 Å². The Balaban J connectivity index is 1.47. The third-order valence-electron chi connectivity index (χ3n) is 4.66. The van der Waals surface area contributed by atoms with Crippen LogP contribution in [0.1, 0.15) is 31.2 Å². The Morgan fingerprint density at radius 2 is 1.71 bits per heavy atom. The molecule has 1 saturated carbocycles. The van der Waals surface area contributed by atoms with Crippen LogP contribution in [0.4, 0.5) is 4.79 Å². The summed E-state index contributed by atoms with van der Waals surface area (Å²) in [5.74, 6) is 0.0554. The normalized spacial score (nSPS) is 18.3. The van der Waals surface area contributed by atoms with Crippen LogP contribution in [0.15, 0.2) is 30.3 Å². The quantitative estimate of drug-likeness (QED) is 0.767. The molecule has 1 aromatic carbocycles. The first-order valence-corrected chi connectivity index (χ1v) is 9.05. The van der Waals surface area contributed by atoms with Gasteiger partial charge in [-0.2, -0.15) is 0 Å². The summed E-state index contributed by atoms with van der Waals surface area (Å²) in [7, 11) is 0. The molecule has 6 heteroatoms. The molecular weight excluding hydrogens is 328 g/mol. The van der Waals surface area contributed by atoms with Gasteiger partial charge in [-0.05, 0) is 31.2 Å². The van der Waals surface area contributed by atoms with Crippen molar-refractivity contribution in [2.75, 3.05) is 19.0 Å². The molecule has 1 saturated heterocycles. The van der Waals surface area contributed by atoms with Gasteiger partial charge in [0.25, 0.3) is 0 Å². The number of piperidine rings is 1. The molecule has 1 aromatic rings. The van der Waals surface area contributed by atoms with Crippen molar-refractivity contribution in [1.82, 2.24) is 9.80 Å². The summed E-state index contributed by atoms with van der Waals surface area (Å²) in [5.41, 5.74) is 0.980. The zero-order valence-corrected chi connectivity index (χ0v) is 14.5. The van der Waals surface area contributed by atoms with Gasteiger partial charge in [0.15, 0.2) is 0 Å². The lowest BCUT2D eigenvalue weighted by atomic mass is 10.0. The van der Waals surface area contributed by atoms with Gasteiger partial charge in [0, 0.05) is 25.2 Å². The molecule has 2 fully saturated rings. The third-order valence-corrected chi connectivity index (χ3v) is 4.89. The van der Waals surface area contributed by atoms with Gasteiger partial charge >= 0.3 is 6.09 Å². The fraction of sp³-hybridized carbons (Fsp3) is 0.556. The van der Waals surface area contributed by atoms with Crippen LogP contribution in [-0.4, -0.2) is 52.9 Å². The van der Waals surface area contributed by atoms with Crippen LogP contribution in [-0.2, 0) is 16.1 Å². The van der Waals surface area contributed by atoms with Crippen molar-refractivity contribution in [3.8, 4) is 0 Å². The summed E-state index contributed by atoms with van der Waals surface area (Å²) in [5, 5.41) is 0. The van der Waals surface area contributed by atoms with Crippen LogP contribution in [0.2, 0.25) is 0 Å². The number of nitrogens with zero attached hydrogens (tertiary/aromatic N) is 2. The molecule has 2 aliphatic rings. The maximum absolute atomic E-state index is 12.2. The Morgan fingerprint density at radius 3 is 2.29 bits per heavy atom. The summed E-state index contributed by atoms with van der Waals surface area (Å²) in [4.78, 5) is 27.9. The number of alkyl halides is 1. The molecule has 0 N–H and O–H groups in total. The Hall–Kier alpha value is -1.75. The van der Waals surface area contributed by atoms with Crippen molar-refractivity contribution in [2.45, 2.75) is 44.4 Å². The van der Waals surface area contributed by atoms with E-state index in [9.17, 15) is 9.59 Å². The highest BCUT2D eigenvalue weighted by Gasteiger charge is 2.38. The molecule has 1 heterocycles. The minimum atomic E-state index is -0.279. The number of likely N-dealkylation sites (tertiary alicyclic amines) is 1. The molecule has 0 atom stereocenters. The fourth-order valence-corrected chi connectivity index (χ4v) is 3.40. The molecule has 0 spiro atoms. The number of halogens is 1. The Morgan fingerprint density at radius 1 is 1.08 bits per heavy atom. The second-order valence-electron chi connectivity index (χ2n) is 6.42. The first-order valence-electron chi connectivity index (χ1n) is 8.52. The molecule has 5 nitrogen and oxygen atoms in total. The standard InChI is InChI=1S/C18H23ClN2O3/c19-12-17(22)21(15-6-7-15)16-8-10-20(11-9-16)18(23)24-13-14-4-2-1-3-5-14/h1-5,15-16H,6-13H2. The molecule has 0 bridgehead atoms. The van der Waals surface area contributed by atoms with Crippen LogP contribution >= 0.6 is 11.6 Å². The monoisotopic (exact) mass is 350 g/mol. The Labute approximate surface area is 147 Å². The van der Waals surface area contributed by atoms with Gasteiger partial charge in [-0.3, -0.25) is 4.79 Å². The summed E-state index contributed by atoms with van der Waals surface area (Å²) in [6.07, 6.45) is 3.45. The number of carbonyl (C=O) groups excluding carboxylic acids is 2. The van der Waals surface area contributed by atoms with Gasteiger partial charge in [0.1, 0.15) is 12.5 Å². The van der Waals surface area contributed by atoms with Gasteiger partial charge in [-0.25, -0.2) is 4.79 Å². The van der Waals surface area contributed by atoms with Gasteiger partial charge in [0.05, 0.1) is 0 Å². The minimum Gasteiger partial charge on any atom is -0.445 e. The molecule has 1 aliphatic carbocycles. The molecule has 2 amide bonds. The molecule has 0 radical (unpaired) electrons. The van der Waals surface area contributed by atoms with E-state index in [0.29, 0.717) is 25.7 Å². The smallest absolute Gasteiger partial charge is 0.410 e. The van der Waals surface area contributed by atoms with Crippen LogP contribution in [0.3, 0.4) is 0 Å². The third kappa shape index (κ3) is 4.20. The van der Waals surface area contributed by atoms with E-state index in [-0.39, 0.29) is 23.9 Å². The number of rotatable bonds is 5. The van der Waals surface area contributed by atoms with Crippen molar-refractivity contribution in [1.29, 1.82) is 0 Å². The zero-order chi connectivity index (χ0) is 16.9. The number of carbonyl (C=O) groups is 2. The van der Waals surface area contributed by atoms with E-state index in [1.165, 1.54) is 0 Å². The molecule has 3 rings (SSSR count). The predicted molar refractivity (Wildman–Crippen MR) is 91.8 cm³/mol. The van der Waals surface area contributed by atoms with E-state index >= 15 is 0 Å². The van der Waals surface area contributed by atoms with Crippen molar-refractivity contribution >= 4 is 23.6 Å². The topological polar surface area (TPSA) is 49.9 Å².